The van der Waals surface area contributed by atoms with Crippen LogP contribution in [0.5, 0.6) is 0 Å². The van der Waals surface area contributed by atoms with Crippen molar-refractivity contribution in [3.63, 3.8) is 0 Å². The largest absolute Gasteiger partial charge is 0.396 e. The molecule has 4 heteroatoms. The van der Waals surface area contributed by atoms with Crippen molar-refractivity contribution in [1.82, 2.24) is 10.6 Å². The van der Waals surface area contributed by atoms with Crippen molar-refractivity contribution >= 4 is 6.03 Å². The monoisotopic (exact) mass is 276 g/mol. The van der Waals surface area contributed by atoms with Gasteiger partial charge in [0.15, 0.2) is 0 Å². The first-order valence-corrected chi connectivity index (χ1v) is 7.34. The predicted molar refractivity (Wildman–Crippen MR) is 79.5 cm³/mol. The van der Waals surface area contributed by atoms with Gasteiger partial charge in [0.05, 0.1) is 6.04 Å². The summed E-state index contributed by atoms with van der Waals surface area (Å²) in [5, 5.41) is 14.8. The highest BCUT2D eigenvalue weighted by Gasteiger charge is 2.33. The second-order valence-corrected chi connectivity index (χ2v) is 5.76. The number of aliphatic hydroxyl groups excluding tert-OH is 1. The maximum absolute atomic E-state index is 12.0. The fourth-order valence-electron chi connectivity index (χ4n) is 2.35. The molecule has 4 nitrogen and oxygen atoms in total. The Hall–Kier alpha value is -1.55. The standard InChI is InChI=1S/C16H24N2O2/c1-11-3-5-13(6-4-11)15(14-7-8-14)18-16(20)17-12(2)9-10-19/h3-6,12,14-15,19H,7-10H2,1-2H3,(H2,17,18,20)/t12-,15?/m1/s1. The van der Waals surface area contributed by atoms with E-state index in [0.29, 0.717) is 12.3 Å². The third-order valence-corrected chi connectivity index (χ3v) is 3.76. The number of rotatable bonds is 6. The van der Waals surface area contributed by atoms with Crippen LogP contribution in [0.2, 0.25) is 0 Å². The van der Waals surface area contributed by atoms with Gasteiger partial charge in [0, 0.05) is 12.6 Å². The number of amides is 2. The van der Waals surface area contributed by atoms with Gasteiger partial charge in [0.2, 0.25) is 0 Å². The average Bonchev–Trinajstić information content (AvgIpc) is 3.21. The van der Waals surface area contributed by atoms with E-state index in [1.807, 2.05) is 6.92 Å². The number of hydrogen-bond acceptors (Lipinski definition) is 2. The summed E-state index contributed by atoms with van der Waals surface area (Å²) in [5.74, 6) is 0.552. The van der Waals surface area contributed by atoms with Gasteiger partial charge in [0.25, 0.3) is 0 Å². The van der Waals surface area contributed by atoms with Crippen LogP contribution in [-0.2, 0) is 0 Å². The lowest BCUT2D eigenvalue weighted by Gasteiger charge is -2.21. The summed E-state index contributed by atoms with van der Waals surface area (Å²) in [5.41, 5.74) is 2.40. The number of carbonyl (C=O) groups excluding carboxylic acids is 1. The van der Waals surface area contributed by atoms with Gasteiger partial charge in [-0.2, -0.15) is 0 Å². The van der Waals surface area contributed by atoms with Gasteiger partial charge >= 0.3 is 6.03 Å². The van der Waals surface area contributed by atoms with Crippen molar-refractivity contribution in [2.75, 3.05) is 6.61 Å². The molecule has 0 saturated heterocycles. The fraction of sp³-hybridized carbons (Fsp3) is 0.562. The van der Waals surface area contributed by atoms with Gasteiger partial charge in [0.1, 0.15) is 0 Å². The molecule has 0 aliphatic heterocycles. The van der Waals surface area contributed by atoms with Gasteiger partial charge < -0.3 is 15.7 Å². The zero-order valence-electron chi connectivity index (χ0n) is 12.2. The predicted octanol–water partition coefficient (Wildman–Crippen LogP) is 2.52. The Labute approximate surface area is 120 Å². The quantitative estimate of drug-likeness (QED) is 0.747. The molecular formula is C16H24N2O2. The van der Waals surface area contributed by atoms with Crippen LogP contribution >= 0.6 is 0 Å². The van der Waals surface area contributed by atoms with Crippen molar-refractivity contribution in [1.29, 1.82) is 0 Å². The van der Waals surface area contributed by atoms with E-state index in [0.717, 1.165) is 0 Å². The highest BCUT2D eigenvalue weighted by molar-refractivity contribution is 5.74. The maximum Gasteiger partial charge on any atom is 0.315 e. The van der Waals surface area contributed by atoms with Crippen molar-refractivity contribution in [3.8, 4) is 0 Å². The molecule has 1 aromatic carbocycles. The van der Waals surface area contributed by atoms with E-state index >= 15 is 0 Å². The van der Waals surface area contributed by atoms with Gasteiger partial charge in [-0.05, 0) is 44.6 Å². The van der Waals surface area contributed by atoms with Crippen molar-refractivity contribution in [2.45, 2.75) is 45.2 Å². The zero-order chi connectivity index (χ0) is 14.5. The van der Waals surface area contributed by atoms with E-state index < -0.39 is 0 Å². The van der Waals surface area contributed by atoms with Crippen LogP contribution in [0, 0.1) is 12.8 Å². The average molecular weight is 276 g/mol. The summed E-state index contributed by atoms with van der Waals surface area (Å²) in [6, 6.07) is 8.28. The maximum atomic E-state index is 12.0. The van der Waals surface area contributed by atoms with Crippen molar-refractivity contribution < 1.29 is 9.90 Å². The summed E-state index contributed by atoms with van der Waals surface area (Å²) in [6.07, 6.45) is 2.92. The van der Waals surface area contributed by atoms with Crippen LogP contribution in [0.3, 0.4) is 0 Å². The number of nitrogens with one attached hydrogen (secondary N) is 2. The third kappa shape index (κ3) is 4.23. The minimum Gasteiger partial charge on any atom is -0.396 e. The first kappa shape index (κ1) is 14.9. The molecule has 1 fully saturated rings. The number of carbonyl (C=O) groups is 1. The lowest BCUT2D eigenvalue weighted by molar-refractivity contribution is 0.226. The molecule has 0 radical (unpaired) electrons. The van der Waals surface area contributed by atoms with Crippen LogP contribution in [0.4, 0.5) is 4.79 Å². The van der Waals surface area contributed by atoms with E-state index in [2.05, 4.69) is 41.8 Å². The Morgan fingerprint density at radius 2 is 1.95 bits per heavy atom. The minimum absolute atomic E-state index is 0.0159. The van der Waals surface area contributed by atoms with E-state index in [-0.39, 0.29) is 24.7 Å². The number of benzene rings is 1. The van der Waals surface area contributed by atoms with E-state index in [4.69, 9.17) is 5.11 Å². The molecule has 2 rings (SSSR count). The molecule has 0 aromatic heterocycles. The molecule has 1 aromatic rings. The van der Waals surface area contributed by atoms with Crippen LogP contribution in [0.1, 0.15) is 43.4 Å². The molecule has 3 N–H and O–H groups in total. The van der Waals surface area contributed by atoms with Crippen LogP contribution in [0.15, 0.2) is 24.3 Å². The number of hydrogen-bond donors (Lipinski definition) is 3. The Balaban J connectivity index is 1.96. The molecule has 2 atom stereocenters. The highest BCUT2D eigenvalue weighted by atomic mass is 16.3. The van der Waals surface area contributed by atoms with Crippen LogP contribution in [-0.4, -0.2) is 23.8 Å². The van der Waals surface area contributed by atoms with Gasteiger partial charge in [-0.3, -0.25) is 0 Å². The number of urea groups is 1. The highest BCUT2D eigenvalue weighted by Crippen LogP contribution is 2.40. The van der Waals surface area contributed by atoms with E-state index in [1.165, 1.54) is 24.0 Å². The Bertz CT molecular complexity index is 440. The Kier molecular flexibility index (Phi) is 5.01. The lowest BCUT2D eigenvalue weighted by Crippen LogP contribution is -2.43. The molecular weight excluding hydrogens is 252 g/mol. The Morgan fingerprint density at radius 3 is 2.50 bits per heavy atom. The van der Waals surface area contributed by atoms with E-state index in [1.54, 1.807) is 0 Å². The topological polar surface area (TPSA) is 61.4 Å². The molecule has 0 heterocycles. The molecule has 0 spiro atoms. The SMILES string of the molecule is Cc1ccc(C(NC(=O)N[C@H](C)CCO)C2CC2)cc1. The summed E-state index contributed by atoms with van der Waals surface area (Å²) < 4.78 is 0. The Morgan fingerprint density at radius 1 is 1.30 bits per heavy atom. The fourth-order valence-corrected chi connectivity index (χ4v) is 2.35. The van der Waals surface area contributed by atoms with Gasteiger partial charge in [-0.25, -0.2) is 4.79 Å². The molecule has 1 saturated carbocycles. The molecule has 1 unspecified atom stereocenters. The number of aliphatic hydroxyl groups is 1. The lowest BCUT2D eigenvalue weighted by atomic mass is 10.0. The molecule has 20 heavy (non-hydrogen) atoms. The zero-order valence-corrected chi connectivity index (χ0v) is 12.2. The summed E-state index contributed by atoms with van der Waals surface area (Å²) >= 11 is 0. The first-order chi connectivity index (χ1) is 9.60. The summed E-state index contributed by atoms with van der Waals surface area (Å²) in [7, 11) is 0. The summed E-state index contributed by atoms with van der Waals surface area (Å²) in [6.45, 7) is 4.05. The van der Waals surface area contributed by atoms with Gasteiger partial charge in [-0.1, -0.05) is 29.8 Å². The van der Waals surface area contributed by atoms with Crippen LogP contribution in [0.25, 0.3) is 0 Å². The minimum atomic E-state index is -0.150. The molecule has 0 bridgehead atoms. The smallest absolute Gasteiger partial charge is 0.315 e. The number of aryl methyl sites for hydroxylation is 1. The molecule has 1 aliphatic carbocycles. The second kappa shape index (κ2) is 6.75. The summed E-state index contributed by atoms with van der Waals surface area (Å²) in [4.78, 5) is 12.0. The third-order valence-electron chi connectivity index (χ3n) is 3.76. The van der Waals surface area contributed by atoms with Gasteiger partial charge in [-0.15, -0.1) is 0 Å². The molecule has 1 aliphatic rings. The molecule has 2 amide bonds. The second-order valence-electron chi connectivity index (χ2n) is 5.76. The first-order valence-electron chi connectivity index (χ1n) is 7.34. The molecule has 110 valence electrons. The van der Waals surface area contributed by atoms with E-state index in [9.17, 15) is 4.79 Å². The normalized spacial score (nSPS) is 17.4. The van der Waals surface area contributed by atoms with Crippen LogP contribution < -0.4 is 10.6 Å². The van der Waals surface area contributed by atoms with Crippen molar-refractivity contribution in [3.05, 3.63) is 35.4 Å². The van der Waals surface area contributed by atoms with Crippen molar-refractivity contribution in [2.24, 2.45) is 5.92 Å².